The van der Waals surface area contributed by atoms with Gasteiger partial charge in [-0.1, -0.05) is 43.7 Å². The number of fused-ring (bicyclic) bond motifs is 1. The molecule has 0 atom stereocenters. The Bertz CT molecular complexity index is 755. The second kappa shape index (κ2) is 7.45. The molecule has 5 heteroatoms. The predicted molar refractivity (Wildman–Crippen MR) is 96.6 cm³/mol. The van der Waals surface area contributed by atoms with Gasteiger partial charge in [-0.15, -0.1) is 0 Å². The molecule has 0 aliphatic heterocycles. The lowest BCUT2D eigenvalue weighted by Crippen LogP contribution is -2.07. The molecule has 0 fully saturated rings. The average Bonchev–Trinajstić information content (AvgIpc) is 2.99. The van der Waals surface area contributed by atoms with E-state index < -0.39 is 0 Å². The highest BCUT2D eigenvalue weighted by molar-refractivity contribution is 5.75. The molecular weight excluding hydrogens is 300 g/mol. The van der Waals surface area contributed by atoms with Gasteiger partial charge in [0, 0.05) is 12.1 Å². The molecule has 2 aromatic rings. The summed E-state index contributed by atoms with van der Waals surface area (Å²) in [6.07, 6.45) is 5.83. The first-order valence-corrected chi connectivity index (χ1v) is 8.47. The molecule has 0 bridgehead atoms. The lowest BCUT2D eigenvalue weighted by molar-refractivity contribution is 0.285. The van der Waals surface area contributed by atoms with E-state index in [1.54, 1.807) is 0 Å². The normalized spacial score (nSPS) is 12.8. The number of rotatable bonds is 7. The van der Waals surface area contributed by atoms with Crippen LogP contribution in [0.2, 0.25) is 0 Å². The Balaban J connectivity index is 1.81. The molecule has 5 nitrogen and oxygen atoms in total. The molecule has 1 aromatic carbocycles. The van der Waals surface area contributed by atoms with E-state index in [9.17, 15) is 0 Å². The second-order valence-corrected chi connectivity index (χ2v) is 6.05. The molecule has 1 aromatic heterocycles. The Morgan fingerprint density at radius 1 is 1.21 bits per heavy atom. The third kappa shape index (κ3) is 3.57. The van der Waals surface area contributed by atoms with Crippen molar-refractivity contribution >= 4 is 11.4 Å². The van der Waals surface area contributed by atoms with E-state index in [0.29, 0.717) is 25.0 Å². The summed E-state index contributed by atoms with van der Waals surface area (Å²) in [5.41, 5.74) is 17.3. The van der Waals surface area contributed by atoms with Gasteiger partial charge in [0.05, 0.1) is 12.3 Å². The Labute approximate surface area is 142 Å². The highest BCUT2D eigenvalue weighted by Gasteiger charge is 2.21. The Morgan fingerprint density at radius 2 is 2.04 bits per heavy atom. The zero-order chi connectivity index (χ0) is 16.9. The molecule has 0 saturated carbocycles. The SMILES string of the molecule is CCCCOc1nc(N)c2c(n1)C(Cc1cccc(CN)c1)=CC2. The highest BCUT2D eigenvalue weighted by atomic mass is 16.5. The van der Waals surface area contributed by atoms with E-state index in [4.69, 9.17) is 16.2 Å². The van der Waals surface area contributed by atoms with Crippen LogP contribution in [-0.4, -0.2) is 16.6 Å². The number of aromatic nitrogens is 2. The molecule has 1 aliphatic carbocycles. The van der Waals surface area contributed by atoms with Crippen LogP contribution in [0.15, 0.2) is 30.3 Å². The lowest BCUT2D eigenvalue weighted by Gasteiger charge is -2.10. The van der Waals surface area contributed by atoms with Crippen LogP contribution in [0.3, 0.4) is 0 Å². The minimum Gasteiger partial charge on any atom is -0.463 e. The summed E-state index contributed by atoms with van der Waals surface area (Å²) >= 11 is 0. The summed E-state index contributed by atoms with van der Waals surface area (Å²) in [7, 11) is 0. The number of nitrogens with two attached hydrogens (primary N) is 2. The maximum atomic E-state index is 6.10. The Morgan fingerprint density at radius 3 is 2.83 bits per heavy atom. The molecule has 24 heavy (non-hydrogen) atoms. The van der Waals surface area contributed by atoms with E-state index >= 15 is 0 Å². The van der Waals surface area contributed by atoms with Gasteiger partial charge in [-0.2, -0.15) is 9.97 Å². The summed E-state index contributed by atoms with van der Waals surface area (Å²) in [4.78, 5) is 8.88. The largest absolute Gasteiger partial charge is 0.463 e. The fourth-order valence-electron chi connectivity index (χ4n) is 2.88. The van der Waals surface area contributed by atoms with Gasteiger partial charge in [0.2, 0.25) is 0 Å². The second-order valence-electron chi connectivity index (χ2n) is 6.05. The van der Waals surface area contributed by atoms with E-state index in [0.717, 1.165) is 42.5 Å². The van der Waals surface area contributed by atoms with Crippen LogP contribution >= 0.6 is 0 Å². The van der Waals surface area contributed by atoms with Crippen molar-refractivity contribution in [3.63, 3.8) is 0 Å². The number of hydrogen-bond donors (Lipinski definition) is 2. The van der Waals surface area contributed by atoms with Crippen LogP contribution in [0.5, 0.6) is 6.01 Å². The third-order valence-electron chi connectivity index (χ3n) is 4.23. The fraction of sp³-hybridized carbons (Fsp3) is 0.368. The zero-order valence-corrected chi connectivity index (χ0v) is 14.1. The van der Waals surface area contributed by atoms with Crippen LogP contribution < -0.4 is 16.2 Å². The van der Waals surface area contributed by atoms with Crippen molar-refractivity contribution < 1.29 is 4.74 Å². The van der Waals surface area contributed by atoms with E-state index in [2.05, 4.69) is 35.1 Å². The topological polar surface area (TPSA) is 87.0 Å². The Hall–Kier alpha value is -2.40. The number of ether oxygens (including phenoxy) is 1. The van der Waals surface area contributed by atoms with E-state index in [-0.39, 0.29) is 0 Å². The Kier molecular flexibility index (Phi) is 5.11. The maximum Gasteiger partial charge on any atom is 0.318 e. The number of hydrogen-bond acceptors (Lipinski definition) is 5. The first kappa shape index (κ1) is 16.5. The van der Waals surface area contributed by atoms with Gasteiger partial charge in [0.15, 0.2) is 0 Å². The van der Waals surface area contributed by atoms with Crippen LogP contribution in [0.4, 0.5) is 5.82 Å². The summed E-state index contributed by atoms with van der Waals surface area (Å²) in [5, 5.41) is 0. The van der Waals surface area contributed by atoms with Crippen LogP contribution in [0.25, 0.3) is 5.57 Å². The van der Waals surface area contributed by atoms with Crippen LogP contribution in [0.1, 0.15) is 42.1 Å². The molecule has 0 amide bonds. The van der Waals surface area contributed by atoms with Crippen molar-refractivity contribution in [1.29, 1.82) is 0 Å². The van der Waals surface area contributed by atoms with Gasteiger partial charge in [-0.3, -0.25) is 0 Å². The minimum atomic E-state index is 0.378. The van der Waals surface area contributed by atoms with Crippen molar-refractivity contribution in [1.82, 2.24) is 9.97 Å². The number of nitrogen functional groups attached to an aromatic ring is 1. The molecule has 0 spiro atoms. The van der Waals surface area contributed by atoms with Gasteiger partial charge >= 0.3 is 6.01 Å². The molecular formula is C19H24N4O. The number of nitrogens with zero attached hydrogens (tertiary/aromatic N) is 2. The summed E-state index contributed by atoms with van der Waals surface area (Å²) in [6, 6.07) is 8.72. The van der Waals surface area contributed by atoms with Crippen molar-refractivity contribution in [2.75, 3.05) is 12.3 Å². The number of anilines is 1. The highest BCUT2D eigenvalue weighted by Crippen LogP contribution is 2.32. The van der Waals surface area contributed by atoms with Gasteiger partial charge < -0.3 is 16.2 Å². The molecule has 126 valence electrons. The number of benzene rings is 1. The van der Waals surface area contributed by atoms with Crippen molar-refractivity contribution in [3.05, 3.63) is 52.7 Å². The van der Waals surface area contributed by atoms with Gasteiger partial charge in [0.1, 0.15) is 5.82 Å². The summed E-state index contributed by atoms with van der Waals surface area (Å²) < 4.78 is 5.64. The number of unbranched alkanes of at least 4 members (excludes halogenated alkanes) is 1. The first-order valence-electron chi connectivity index (χ1n) is 8.47. The van der Waals surface area contributed by atoms with Crippen molar-refractivity contribution in [3.8, 4) is 6.01 Å². The number of allylic oxidation sites excluding steroid dienone is 2. The molecule has 1 heterocycles. The molecule has 0 radical (unpaired) electrons. The smallest absolute Gasteiger partial charge is 0.318 e. The monoisotopic (exact) mass is 324 g/mol. The third-order valence-corrected chi connectivity index (χ3v) is 4.23. The molecule has 4 N–H and O–H groups in total. The molecule has 0 unspecified atom stereocenters. The van der Waals surface area contributed by atoms with Crippen LogP contribution in [0, 0.1) is 0 Å². The predicted octanol–water partition coefficient (Wildman–Crippen LogP) is 2.88. The molecule has 0 saturated heterocycles. The fourth-order valence-corrected chi connectivity index (χ4v) is 2.88. The van der Waals surface area contributed by atoms with Gasteiger partial charge in [0.25, 0.3) is 0 Å². The quantitative estimate of drug-likeness (QED) is 0.765. The van der Waals surface area contributed by atoms with E-state index in [1.807, 2.05) is 12.1 Å². The van der Waals surface area contributed by atoms with Gasteiger partial charge in [-0.05, 0) is 36.0 Å². The van der Waals surface area contributed by atoms with E-state index in [1.165, 1.54) is 11.1 Å². The molecule has 1 aliphatic rings. The zero-order valence-electron chi connectivity index (χ0n) is 14.1. The van der Waals surface area contributed by atoms with Crippen LogP contribution in [-0.2, 0) is 19.4 Å². The summed E-state index contributed by atoms with van der Waals surface area (Å²) in [6.45, 7) is 3.29. The van der Waals surface area contributed by atoms with Gasteiger partial charge in [-0.25, -0.2) is 0 Å². The van der Waals surface area contributed by atoms with Crippen molar-refractivity contribution in [2.45, 2.75) is 39.2 Å². The lowest BCUT2D eigenvalue weighted by atomic mass is 10.0. The molecule has 3 rings (SSSR count). The maximum absolute atomic E-state index is 6.10. The first-order chi connectivity index (χ1) is 11.7. The standard InChI is InChI=1S/C19H24N4O/c1-2-3-9-24-19-22-17-15(7-8-16(17)18(21)23-19)11-13-5-4-6-14(10-13)12-20/h4-7,10H,2-3,8-9,11-12,20H2,1H3,(H2,21,22,23). The summed E-state index contributed by atoms with van der Waals surface area (Å²) in [5.74, 6) is 0.522. The minimum absolute atomic E-state index is 0.378. The average molecular weight is 324 g/mol. The van der Waals surface area contributed by atoms with Crippen molar-refractivity contribution in [2.24, 2.45) is 5.73 Å².